The molecule has 4 rings (SSSR count). The third-order valence-electron chi connectivity index (χ3n) is 5.45. The average Bonchev–Trinajstić information content (AvgIpc) is 2.88. The Morgan fingerprint density at radius 3 is 2.66 bits per heavy atom. The van der Waals surface area contributed by atoms with Crippen molar-refractivity contribution in [1.82, 2.24) is 9.66 Å². The molecule has 38 heavy (non-hydrogen) atoms. The lowest BCUT2D eigenvalue weighted by atomic mass is 10.2. The molecule has 0 aliphatic rings. The number of amides is 1. The number of aromatic nitrogens is 2. The van der Waals surface area contributed by atoms with Gasteiger partial charge in [-0.3, -0.25) is 9.59 Å². The monoisotopic (exact) mass is 662 g/mol. The Hall–Kier alpha value is -3.08. The number of nitrogens with one attached hydrogen (secondary N) is 1. The van der Waals surface area contributed by atoms with Crippen molar-refractivity contribution in [2.75, 3.05) is 11.9 Å². The maximum Gasteiger partial charge on any atom is 0.282 e. The van der Waals surface area contributed by atoms with Crippen LogP contribution in [0.25, 0.3) is 10.9 Å². The summed E-state index contributed by atoms with van der Waals surface area (Å²) in [6, 6.07) is 14.1. The van der Waals surface area contributed by atoms with Crippen molar-refractivity contribution in [3.05, 3.63) is 96.1 Å². The molecule has 1 aromatic heterocycles. The molecular weight excluding hydrogens is 643 g/mol. The van der Waals surface area contributed by atoms with Crippen LogP contribution in [0.15, 0.2) is 73.4 Å². The summed E-state index contributed by atoms with van der Waals surface area (Å²) in [5, 5.41) is 7.76. The summed E-state index contributed by atoms with van der Waals surface area (Å²) in [5.41, 5.74) is 1.40. The van der Waals surface area contributed by atoms with Crippen molar-refractivity contribution in [2.24, 2.45) is 5.10 Å². The number of hydrogen-bond acceptors (Lipinski definition) is 5. The summed E-state index contributed by atoms with van der Waals surface area (Å²) in [4.78, 5) is 30.1. The van der Waals surface area contributed by atoms with E-state index in [9.17, 15) is 14.0 Å². The van der Waals surface area contributed by atoms with Gasteiger partial charge in [-0.2, -0.15) is 9.78 Å². The van der Waals surface area contributed by atoms with Crippen LogP contribution in [0.3, 0.4) is 0 Å². The molecule has 1 amide bonds. The van der Waals surface area contributed by atoms with Gasteiger partial charge in [0.15, 0.2) is 12.4 Å². The molecule has 0 saturated carbocycles. The zero-order valence-corrected chi connectivity index (χ0v) is 24.1. The molecule has 0 atom stereocenters. The lowest BCUT2D eigenvalue weighted by Gasteiger charge is -2.12. The normalized spacial score (nSPS) is 11.3. The van der Waals surface area contributed by atoms with E-state index in [1.54, 1.807) is 24.3 Å². The molecule has 3 aromatic carbocycles. The van der Waals surface area contributed by atoms with Gasteiger partial charge in [0, 0.05) is 16.6 Å². The zero-order valence-electron chi connectivity index (χ0n) is 20.2. The fraction of sp³-hybridized carbons (Fsp3) is 0.185. The standard InChI is InChI=1S/C27H22Br2ClFN4O3/c1-2-3-4-24-34-23-10-5-17(28)13-20(23)27(37)35(24)32-14-16-11-21(29)26(22(30)12-16)38-15-25(36)33-19-8-6-18(31)7-9-19/h5-14H,2-4,15H2,1H3,(H,33,36). The van der Waals surface area contributed by atoms with E-state index in [0.29, 0.717) is 38.9 Å². The predicted molar refractivity (Wildman–Crippen MR) is 155 cm³/mol. The van der Waals surface area contributed by atoms with E-state index in [2.05, 4.69) is 54.2 Å². The quantitative estimate of drug-likeness (QED) is 0.196. The van der Waals surface area contributed by atoms with E-state index >= 15 is 0 Å². The molecule has 1 heterocycles. The lowest BCUT2D eigenvalue weighted by Crippen LogP contribution is -2.22. The summed E-state index contributed by atoms with van der Waals surface area (Å²) in [6.07, 6.45) is 3.93. The molecule has 4 aromatic rings. The van der Waals surface area contributed by atoms with E-state index in [4.69, 9.17) is 16.3 Å². The minimum atomic E-state index is -0.431. The van der Waals surface area contributed by atoms with Crippen LogP contribution in [0.4, 0.5) is 10.1 Å². The number of benzene rings is 3. The van der Waals surface area contributed by atoms with Crippen LogP contribution in [0.5, 0.6) is 5.75 Å². The van der Waals surface area contributed by atoms with Gasteiger partial charge < -0.3 is 10.1 Å². The summed E-state index contributed by atoms with van der Waals surface area (Å²) in [7, 11) is 0. The first-order valence-corrected chi connectivity index (χ1v) is 13.6. The van der Waals surface area contributed by atoms with Gasteiger partial charge in [-0.25, -0.2) is 9.37 Å². The Labute approximate surface area is 239 Å². The Bertz CT molecular complexity index is 1550. The van der Waals surface area contributed by atoms with E-state index < -0.39 is 11.7 Å². The highest BCUT2D eigenvalue weighted by Gasteiger charge is 2.13. The Kier molecular flexibility index (Phi) is 9.30. The number of ether oxygens (including phenoxy) is 1. The minimum Gasteiger partial charge on any atom is -0.481 e. The highest BCUT2D eigenvalue weighted by Crippen LogP contribution is 2.34. The van der Waals surface area contributed by atoms with Crippen molar-refractivity contribution in [1.29, 1.82) is 0 Å². The largest absolute Gasteiger partial charge is 0.481 e. The second-order valence-corrected chi connectivity index (χ2v) is 10.5. The number of fused-ring (bicyclic) bond motifs is 1. The summed E-state index contributed by atoms with van der Waals surface area (Å²) in [6.45, 7) is 1.76. The second kappa shape index (κ2) is 12.6. The molecule has 0 fully saturated rings. The first-order chi connectivity index (χ1) is 18.2. The van der Waals surface area contributed by atoms with Gasteiger partial charge in [0.25, 0.3) is 11.5 Å². The van der Waals surface area contributed by atoms with Crippen LogP contribution in [0.2, 0.25) is 5.02 Å². The Morgan fingerprint density at radius 2 is 1.95 bits per heavy atom. The van der Waals surface area contributed by atoms with Gasteiger partial charge in [0.2, 0.25) is 0 Å². The molecule has 0 radical (unpaired) electrons. The van der Waals surface area contributed by atoms with Crippen LogP contribution in [0, 0.1) is 5.82 Å². The first-order valence-electron chi connectivity index (χ1n) is 11.7. The number of nitrogens with zero attached hydrogens (tertiary/aromatic N) is 3. The average molecular weight is 665 g/mol. The van der Waals surface area contributed by atoms with E-state index in [-0.39, 0.29) is 22.9 Å². The predicted octanol–water partition coefficient (Wildman–Crippen LogP) is 6.96. The Morgan fingerprint density at radius 1 is 1.18 bits per heavy atom. The van der Waals surface area contributed by atoms with Crippen LogP contribution in [-0.2, 0) is 11.2 Å². The van der Waals surface area contributed by atoms with Crippen LogP contribution >= 0.6 is 43.5 Å². The number of anilines is 1. The van der Waals surface area contributed by atoms with Crippen LogP contribution in [-0.4, -0.2) is 28.4 Å². The Balaban J connectivity index is 1.54. The lowest BCUT2D eigenvalue weighted by molar-refractivity contribution is -0.118. The number of aryl methyl sites for hydroxylation is 1. The number of carbonyl (C=O) groups excluding carboxylic acids is 1. The number of halogens is 4. The topological polar surface area (TPSA) is 85.6 Å². The van der Waals surface area contributed by atoms with Gasteiger partial charge in [-0.05, 0) is 82.5 Å². The number of rotatable bonds is 9. The molecule has 0 aliphatic carbocycles. The van der Waals surface area contributed by atoms with Gasteiger partial charge >= 0.3 is 0 Å². The molecule has 7 nitrogen and oxygen atoms in total. The molecule has 196 valence electrons. The maximum absolute atomic E-state index is 13.2. The highest BCUT2D eigenvalue weighted by molar-refractivity contribution is 9.10. The van der Waals surface area contributed by atoms with Crippen molar-refractivity contribution in [3.8, 4) is 5.75 Å². The molecule has 11 heteroatoms. The van der Waals surface area contributed by atoms with Gasteiger partial charge in [-0.15, -0.1) is 0 Å². The molecular formula is C27H22Br2ClFN4O3. The van der Waals surface area contributed by atoms with E-state index in [1.165, 1.54) is 35.2 Å². The second-order valence-electron chi connectivity index (χ2n) is 8.31. The smallest absolute Gasteiger partial charge is 0.282 e. The third kappa shape index (κ3) is 6.86. The molecule has 0 unspecified atom stereocenters. The van der Waals surface area contributed by atoms with Gasteiger partial charge in [0.1, 0.15) is 11.6 Å². The van der Waals surface area contributed by atoms with Crippen LogP contribution < -0.4 is 15.6 Å². The van der Waals surface area contributed by atoms with E-state index in [0.717, 1.165) is 17.3 Å². The highest BCUT2D eigenvalue weighted by atomic mass is 79.9. The van der Waals surface area contributed by atoms with Crippen molar-refractivity contribution < 1.29 is 13.9 Å². The number of hydrogen-bond donors (Lipinski definition) is 1. The van der Waals surface area contributed by atoms with Crippen molar-refractivity contribution in [2.45, 2.75) is 26.2 Å². The summed E-state index contributed by atoms with van der Waals surface area (Å²) < 4.78 is 21.2. The molecule has 0 aliphatic heterocycles. The van der Waals surface area contributed by atoms with E-state index in [1.807, 2.05) is 6.07 Å². The fourth-order valence-electron chi connectivity index (χ4n) is 3.59. The molecule has 0 bridgehead atoms. The fourth-order valence-corrected chi connectivity index (χ4v) is 4.94. The SMILES string of the molecule is CCCCc1nc2ccc(Br)cc2c(=O)n1N=Cc1cc(Cl)c(OCC(=O)Nc2ccc(F)cc2)c(Br)c1. The van der Waals surface area contributed by atoms with Crippen LogP contribution in [0.1, 0.15) is 31.2 Å². The van der Waals surface area contributed by atoms with Crippen molar-refractivity contribution >= 4 is 72.2 Å². The summed E-state index contributed by atoms with van der Waals surface area (Å²) in [5.74, 6) is 0.0153. The summed E-state index contributed by atoms with van der Waals surface area (Å²) >= 11 is 13.3. The number of unbranched alkanes of at least 4 members (excludes halogenated alkanes) is 1. The first kappa shape index (κ1) is 27.9. The molecule has 0 spiro atoms. The number of carbonyl (C=O) groups is 1. The zero-order chi connectivity index (χ0) is 27.2. The van der Waals surface area contributed by atoms with Gasteiger partial charge in [0.05, 0.1) is 26.6 Å². The molecule has 1 N–H and O–H groups in total. The maximum atomic E-state index is 13.2. The third-order valence-corrected chi connectivity index (χ3v) is 6.81. The van der Waals surface area contributed by atoms with Crippen molar-refractivity contribution in [3.63, 3.8) is 0 Å². The molecule has 0 saturated heterocycles. The minimum absolute atomic E-state index is 0.245. The van der Waals surface area contributed by atoms with Gasteiger partial charge in [-0.1, -0.05) is 40.9 Å².